The number of esters is 1. The second-order valence-corrected chi connectivity index (χ2v) is 8.81. The summed E-state index contributed by atoms with van der Waals surface area (Å²) in [6, 6.07) is 15.3. The molecule has 0 unspecified atom stereocenters. The van der Waals surface area contributed by atoms with Crippen LogP contribution in [0.15, 0.2) is 48.5 Å². The van der Waals surface area contributed by atoms with Gasteiger partial charge in [0.2, 0.25) is 0 Å². The average Bonchev–Trinajstić information content (AvgIpc) is 2.79. The van der Waals surface area contributed by atoms with Gasteiger partial charge in [-0.1, -0.05) is 52.2 Å². The summed E-state index contributed by atoms with van der Waals surface area (Å²) < 4.78 is 11.3. The van der Waals surface area contributed by atoms with Crippen molar-refractivity contribution in [2.45, 2.75) is 71.6 Å². The molecule has 0 aliphatic heterocycles. The Morgan fingerprint density at radius 1 is 0.933 bits per heavy atom. The Kier molecular flexibility index (Phi) is 8.36. The Balaban J connectivity index is 1.51. The molecule has 1 fully saturated rings. The Morgan fingerprint density at radius 3 is 2.17 bits per heavy atom. The summed E-state index contributed by atoms with van der Waals surface area (Å²) in [5, 5.41) is 0. The van der Waals surface area contributed by atoms with Gasteiger partial charge in [-0.3, -0.25) is 0 Å². The first-order valence-corrected chi connectivity index (χ1v) is 11.6. The molecule has 3 heteroatoms. The van der Waals surface area contributed by atoms with Crippen molar-refractivity contribution in [2.75, 3.05) is 6.61 Å². The highest BCUT2D eigenvalue weighted by Gasteiger charge is 2.21. The molecule has 0 aromatic heterocycles. The molecule has 30 heavy (non-hydrogen) atoms. The molecule has 0 spiro atoms. The maximum absolute atomic E-state index is 12.5. The van der Waals surface area contributed by atoms with Crippen molar-refractivity contribution in [3.8, 4) is 11.5 Å². The summed E-state index contributed by atoms with van der Waals surface area (Å²) in [6.45, 7) is 7.28. The minimum Gasteiger partial charge on any atom is -0.493 e. The molecule has 0 saturated heterocycles. The molecule has 1 aliphatic rings. The van der Waals surface area contributed by atoms with Crippen LogP contribution in [0.3, 0.4) is 0 Å². The van der Waals surface area contributed by atoms with Gasteiger partial charge in [-0.15, -0.1) is 0 Å². The van der Waals surface area contributed by atoms with E-state index in [1.807, 2.05) is 24.3 Å². The van der Waals surface area contributed by atoms with Gasteiger partial charge < -0.3 is 9.47 Å². The van der Waals surface area contributed by atoms with Crippen molar-refractivity contribution < 1.29 is 14.3 Å². The van der Waals surface area contributed by atoms with E-state index in [4.69, 9.17) is 9.47 Å². The average molecular weight is 409 g/mol. The molecule has 1 saturated carbocycles. The molecule has 162 valence electrons. The first kappa shape index (κ1) is 22.4. The van der Waals surface area contributed by atoms with Gasteiger partial charge in [-0.2, -0.15) is 0 Å². The lowest BCUT2D eigenvalue weighted by atomic mass is 9.77. The molecule has 3 nitrogen and oxygen atoms in total. The highest BCUT2D eigenvalue weighted by atomic mass is 16.5. The second-order valence-electron chi connectivity index (χ2n) is 8.81. The summed E-state index contributed by atoms with van der Waals surface area (Å²) in [4.78, 5) is 12.5. The predicted octanol–water partition coefficient (Wildman–Crippen LogP) is 7.40. The zero-order valence-electron chi connectivity index (χ0n) is 18.7. The van der Waals surface area contributed by atoms with E-state index in [1.54, 1.807) is 12.1 Å². The monoisotopic (exact) mass is 408 g/mol. The fourth-order valence-corrected chi connectivity index (χ4v) is 4.21. The van der Waals surface area contributed by atoms with E-state index >= 15 is 0 Å². The van der Waals surface area contributed by atoms with E-state index in [2.05, 4.69) is 32.9 Å². The van der Waals surface area contributed by atoms with Crippen molar-refractivity contribution in [1.29, 1.82) is 0 Å². The summed E-state index contributed by atoms with van der Waals surface area (Å²) in [5.74, 6) is 3.12. The lowest BCUT2D eigenvalue weighted by Gasteiger charge is -2.28. The Hall–Kier alpha value is -2.29. The molecular weight excluding hydrogens is 372 g/mol. The maximum Gasteiger partial charge on any atom is 0.343 e. The number of hydrogen-bond acceptors (Lipinski definition) is 3. The first-order chi connectivity index (χ1) is 14.6. The molecule has 2 aromatic rings. The summed E-state index contributed by atoms with van der Waals surface area (Å²) in [7, 11) is 0. The quantitative estimate of drug-likeness (QED) is 0.320. The standard InChI is InChI=1S/C27H36O3/c1-4-6-21-7-9-22(10-8-21)23-11-17-26(18-12-23)30-27(28)24-13-15-25(16-14-24)29-19-20(3)5-2/h11-18,20-22H,4-10,19H2,1-3H3/t20-,21?,22?/m0/s1. The first-order valence-electron chi connectivity index (χ1n) is 11.6. The molecular formula is C27H36O3. The highest BCUT2D eigenvalue weighted by molar-refractivity contribution is 5.91. The molecule has 0 N–H and O–H groups in total. The molecule has 0 radical (unpaired) electrons. The van der Waals surface area contributed by atoms with Gasteiger partial charge in [0.1, 0.15) is 11.5 Å². The van der Waals surface area contributed by atoms with E-state index in [0.717, 1.165) is 18.1 Å². The van der Waals surface area contributed by atoms with Gasteiger partial charge in [0.25, 0.3) is 0 Å². The van der Waals surface area contributed by atoms with Crippen molar-refractivity contribution in [3.63, 3.8) is 0 Å². The van der Waals surface area contributed by atoms with E-state index in [9.17, 15) is 4.79 Å². The summed E-state index contributed by atoms with van der Waals surface area (Å²) in [6.07, 6.45) is 8.97. The van der Waals surface area contributed by atoms with Crippen LogP contribution in [0, 0.1) is 11.8 Å². The number of rotatable bonds is 9. The molecule has 3 rings (SSSR count). The number of carbonyl (C=O) groups is 1. The largest absolute Gasteiger partial charge is 0.493 e. The second kappa shape index (κ2) is 11.2. The topological polar surface area (TPSA) is 35.5 Å². The molecule has 1 atom stereocenters. The van der Waals surface area contributed by atoms with E-state index in [0.29, 0.717) is 29.8 Å². The number of carbonyl (C=O) groups excluding carboxylic acids is 1. The third-order valence-corrected chi connectivity index (χ3v) is 6.43. The highest BCUT2D eigenvalue weighted by Crippen LogP contribution is 2.37. The minimum atomic E-state index is -0.337. The lowest BCUT2D eigenvalue weighted by molar-refractivity contribution is 0.0734. The molecule has 0 bridgehead atoms. The van der Waals surface area contributed by atoms with Crippen LogP contribution < -0.4 is 9.47 Å². The fraction of sp³-hybridized carbons (Fsp3) is 0.519. The summed E-state index contributed by atoms with van der Waals surface area (Å²) >= 11 is 0. The fourth-order valence-electron chi connectivity index (χ4n) is 4.21. The number of ether oxygens (including phenoxy) is 2. The van der Waals surface area contributed by atoms with Gasteiger partial charge in [0.15, 0.2) is 0 Å². The lowest BCUT2D eigenvalue weighted by Crippen LogP contribution is -2.13. The Morgan fingerprint density at radius 2 is 1.57 bits per heavy atom. The third-order valence-electron chi connectivity index (χ3n) is 6.43. The summed E-state index contributed by atoms with van der Waals surface area (Å²) in [5.41, 5.74) is 1.90. The van der Waals surface area contributed by atoms with Crippen molar-refractivity contribution >= 4 is 5.97 Å². The van der Waals surface area contributed by atoms with Gasteiger partial charge in [0, 0.05) is 0 Å². The normalized spacial score (nSPS) is 19.8. The van der Waals surface area contributed by atoms with Crippen LogP contribution in [0.4, 0.5) is 0 Å². The maximum atomic E-state index is 12.5. The zero-order valence-corrected chi connectivity index (χ0v) is 18.7. The van der Waals surface area contributed by atoms with Crippen LogP contribution in [0.1, 0.15) is 87.6 Å². The van der Waals surface area contributed by atoms with Gasteiger partial charge >= 0.3 is 5.97 Å². The van der Waals surface area contributed by atoms with Crippen molar-refractivity contribution in [3.05, 3.63) is 59.7 Å². The van der Waals surface area contributed by atoms with Gasteiger partial charge in [-0.05, 0) is 85.4 Å². The zero-order chi connectivity index (χ0) is 21.3. The molecule has 1 aliphatic carbocycles. The van der Waals surface area contributed by atoms with Crippen LogP contribution in [0.5, 0.6) is 11.5 Å². The van der Waals surface area contributed by atoms with E-state index < -0.39 is 0 Å². The SMILES string of the molecule is CCCC1CCC(c2ccc(OC(=O)c3ccc(OC[C@@H](C)CC)cc3)cc2)CC1. The van der Waals surface area contributed by atoms with Crippen molar-refractivity contribution in [2.24, 2.45) is 11.8 Å². The predicted molar refractivity (Wildman–Crippen MR) is 122 cm³/mol. The number of benzene rings is 2. The van der Waals surface area contributed by atoms with Crippen LogP contribution in [0.25, 0.3) is 0 Å². The molecule has 0 amide bonds. The van der Waals surface area contributed by atoms with Crippen LogP contribution in [-0.2, 0) is 0 Å². The third kappa shape index (κ3) is 6.35. The molecule has 2 aromatic carbocycles. The van der Waals surface area contributed by atoms with Crippen LogP contribution >= 0.6 is 0 Å². The molecule has 0 heterocycles. The van der Waals surface area contributed by atoms with E-state index in [1.165, 1.54) is 44.1 Å². The van der Waals surface area contributed by atoms with Gasteiger partial charge in [-0.25, -0.2) is 4.79 Å². The van der Waals surface area contributed by atoms with Crippen LogP contribution in [-0.4, -0.2) is 12.6 Å². The van der Waals surface area contributed by atoms with E-state index in [-0.39, 0.29) is 5.97 Å². The Labute approximate surface area is 181 Å². The smallest absolute Gasteiger partial charge is 0.343 e. The van der Waals surface area contributed by atoms with Crippen LogP contribution in [0.2, 0.25) is 0 Å². The van der Waals surface area contributed by atoms with Gasteiger partial charge in [0.05, 0.1) is 12.2 Å². The van der Waals surface area contributed by atoms with Crippen molar-refractivity contribution in [1.82, 2.24) is 0 Å². The minimum absolute atomic E-state index is 0.337. The number of hydrogen-bond donors (Lipinski definition) is 0. The Bertz CT molecular complexity index is 771.